The standard InChI is InChI=1S/C21H31NO2/c1-2-3-4-5-6-7-10-19-11-13-21(14-12-19)24-18-20(23)17-22-15-8-9-16-22/h8-9,11-16,20,23H,2-7,10,17-18H2,1H3. The summed E-state index contributed by atoms with van der Waals surface area (Å²) >= 11 is 0. The highest BCUT2D eigenvalue weighted by molar-refractivity contribution is 5.27. The molecule has 1 heterocycles. The molecule has 1 N–H and O–H groups in total. The van der Waals surface area contributed by atoms with E-state index in [1.165, 1.54) is 44.1 Å². The van der Waals surface area contributed by atoms with Gasteiger partial charge in [0, 0.05) is 12.4 Å². The summed E-state index contributed by atoms with van der Waals surface area (Å²) < 4.78 is 7.63. The second-order valence-electron chi connectivity index (χ2n) is 6.51. The lowest BCUT2D eigenvalue weighted by Crippen LogP contribution is -2.22. The Bertz CT molecular complexity index is 533. The molecule has 1 atom stereocenters. The molecule has 0 saturated carbocycles. The second kappa shape index (κ2) is 10.9. The largest absolute Gasteiger partial charge is 0.491 e. The Hall–Kier alpha value is -1.74. The van der Waals surface area contributed by atoms with E-state index in [1.807, 2.05) is 41.2 Å². The molecule has 0 amide bonds. The van der Waals surface area contributed by atoms with Crippen molar-refractivity contribution in [2.45, 2.75) is 64.5 Å². The first-order valence-corrected chi connectivity index (χ1v) is 9.28. The first kappa shape index (κ1) is 18.6. The molecule has 0 fully saturated rings. The summed E-state index contributed by atoms with van der Waals surface area (Å²) in [5.74, 6) is 0.827. The molecule has 3 heteroatoms. The first-order chi connectivity index (χ1) is 11.8. The maximum absolute atomic E-state index is 10.00. The van der Waals surface area contributed by atoms with Crippen molar-refractivity contribution < 1.29 is 9.84 Å². The fourth-order valence-corrected chi connectivity index (χ4v) is 2.84. The number of nitrogens with zero attached hydrogens (tertiary/aromatic N) is 1. The van der Waals surface area contributed by atoms with Gasteiger partial charge in [0.15, 0.2) is 0 Å². The van der Waals surface area contributed by atoms with Gasteiger partial charge in [0.25, 0.3) is 0 Å². The van der Waals surface area contributed by atoms with Crippen LogP contribution in [0, 0.1) is 0 Å². The Balaban J connectivity index is 1.62. The van der Waals surface area contributed by atoms with Crippen LogP contribution in [0.25, 0.3) is 0 Å². The van der Waals surface area contributed by atoms with E-state index in [2.05, 4.69) is 19.1 Å². The minimum absolute atomic E-state index is 0.314. The van der Waals surface area contributed by atoms with Gasteiger partial charge in [0.1, 0.15) is 18.5 Å². The highest BCUT2D eigenvalue weighted by Crippen LogP contribution is 2.15. The number of hydrogen-bond acceptors (Lipinski definition) is 2. The Morgan fingerprint density at radius 3 is 2.33 bits per heavy atom. The van der Waals surface area contributed by atoms with Crippen LogP contribution in [0.3, 0.4) is 0 Å². The number of aliphatic hydroxyl groups excluding tert-OH is 1. The topological polar surface area (TPSA) is 34.4 Å². The van der Waals surface area contributed by atoms with E-state index in [-0.39, 0.29) is 0 Å². The molecule has 0 aliphatic heterocycles. The molecule has 0 radical (unpaired) electrons. The van der Waals surface area contributed by atoms with Gasteiger partial charge in [-0.1, -0.05) is 51.2 Å². The van der Waals surface area contributed by atoms with E-state index >= 15 is 0 Å². The van der Waals surface area contributed by atoms with Crippen LogP contribution in [0.1, 0.15) is 51.0 Å². The molecule has 132 valence electrons. The average Bonchev–Trinajstić information content (AvgIpc) is 3.10. The van der Waals surface area contributed by atoms with Gasteiger partial charge in [-0.2, -0.15) is 0 Å². The van der Waals surface area contributed by atoms with Gasteiger partial charge in [0.2, 0.25) is 0 Å². The van der Waals surface area contributed by atoms with E-state index < -0.39 is 6.10 Å². The molecule has 0 aliphatic carbocycles. The maximum Gasteiger partial charge on any atom is 0.119 e. The molecule has 2 aromatic rings. The van der Waals surface area contributed by atoms with Crippen LogP contribution >= 0.6 is 0 Å². The van der Waals surface area contributed by atoms with Crippen molar-refractivity contribution in [2.75, 3.05) is 6.61 Å². The summed E-state index contributed by atoms with van der Waals surface area (Å²) in [7, 11) is 0. The number of unbranched alkanes of at least 4 members (excludes halogenated alkanes) is 5. The van der Waals surface area contributed by atoms with Crippen molar-refractivity contribution in [3.05, 3.63) is 54.4 Å². The van der Waals surface area contributed by atoms with Gasteiger partial charge < -0.3 is 14.4 Å². The number of aryl methyl sites for hydroxylation is 1. The molecule has 1 aromatic carbocycles. The van der Waals surface area contributed by atoms with Crippen LogP contribution in [-0.4, -0.2) is 22.4 Å². The summed E-state index contributed by atoms with van der Waals surface area (Å²) in [4.78, 5) is 0. The SMILES string of the molecule is CCCCCCCCc1ccc(OCC(O)Cn2cccc2)cc1. The zero-order valence-electron chi connectivity index (χ0n) is 14.9. The smallest absolute Gasteiger partial charge is 0.119 e. The Morgan fingerprint density at radius 1 is 0.958 bits per heavy atom. The van der Waals surface area contributed by atoms with E-state index in [0.29, 0.717) is 13.2 Å². The lowest BCUT2D eigenvalue weighted by Gasteiger charge is -2.13. The molecule has 24 heavy (non-hydrogen) atoms. The third-order valence-corrected chi connectivity index (χ3v) is 4.27. The van der Waals surface area contributed by atoms with Crippen LogP contribution in [0.4, 0.5) is 0 Å². The quantitative estimate of drug-likeness (QED) is 0.566. The molecule has 2 rings (SSSR count). The third-order valence-electron chi connectivity index (χ3n) is 4.27. The van der Waals surface area contributed by atoms with Crippen LogP contribution in [0.15, 0.2) is 48.8 Å². The molecular formula is C21H31NO2. The lowest BCUT2D eigenvalue weighted by atomic mass is 10.0. The van der Waals surface area contributed by atoms with Gasteiger partial charge in [-0.3, -0.25) is 0 Å². The van der Waals surface area contributed by atoms with Crippen molar-refractivity contribution in [3.63, 3.8) is 0 Å². The Kier molecular flexibility index (Phi) is 8.47. The van der Waals surface area contributed by atoms with Gasteiger partial charge in [-0.25, -0.2) is 0 Å². The minimum atomic E-state index is -0.500. The third kappa shape index (κ3) is 7.22. The van der Waals surface area contributed by atoms with E-state index in [9.17, 15) is 5.11 Å². The van der Waals surface area contributed by atoms with Gasteiger partial charge in [-0.05, 0) is 42.7 Å². The second-order valence-corrected chi connectivity index (χ2v) is 6.51. The molecule has 0 bridgehead atoms. The maximum atomic E-state index is 10.00. The molecule has 0 aliphatic rings. The normalized spacial score (nSPS) is 12.2. The summed E-state index contributed by atoms with van der Waals surface area (Å²) in [5, 5.41) is 10.00. The highest BCUT2D eigenvalue weighted by atomic mass is 16.5. The number of benzene rings is 1. The molecule has 1 unspecified atom stereocenters. The number of aromatic nitrogens is 1. The molecule has 0 saturated heterocycles. The summed E-state index contributed by atoms with van der Waals surface area (Å²) in [5.41, 5.74) is 1.37. The van der Waals surface area contributed by atoms with Crippen molar-refractivity contribution in [1.29, 1.82) is 0 Å². The number of aliphatic hydroxyl groups is 1. The zero-order chi connectivity index (χ0) is 17.0. The molecule has 3 nitrogen and oxygen atoms in total. The average molecular weight is 329 g/mol. The number of rotatable bonds is 12. The van der Waals surface area contributed by atoms with E-state index in [0.717, 1.165) is 12.2 Å². The minimum Gasteiger partial charge on any atom is -0.491 e. The van der Waals surface area contributed by atoms with Crippen LogP contribution in [-0.2, 0) is 13.0 Å². The van der Waals surface area contributed by atoms with Crippen LogP contribution in [0.2, 0.25) is 0 Å². The van der Waals surface area contributed by atoms with Crippen molar-refractivity contribution in [2.24, 2.45) is 0 Å². The molecule has 1 aromatic heterocycles. The van der Waals surface area contributed by atoms with Crippen molar-refractivity contribution in [1.82, 2.24) is 4.57 Å². The molecular weight excluding hydrogens is 298 g/mol. The Labute approximate surface area is 146 Å². The van der Waals surface area contributed by atoms with Gasteiger partial charge >= 0.3 is 0 Å². The van der Waals surface area contributed by atoms with Gasteiger partial charge in [0.05, 0.1) is 6.54 Å². The summed E-state index contributed by atoms with van der Waals surface area (Å²) in [6.07, 6.45) is 12.5. The highest BCUT2D eigenvalue weighted by Gasteiger charge is 2.06. The fraction of sp³-hybridized carbons (Fsp3) is 0.524. The number of hydrogen-bond donors (Lipinski definition) is 1. The summed E-state index contributed by atoms with van der Waals surface area (Å²) in [6, 6.07) is 12.2. The Morgan fingerprint density at radius 2 is 1.62 bits per heavy atom. The van der Waals surface area contributed by atoms with Crippen molar-refractivity contribution >= 4 is 0 Å². The lowest BCUT2D eigenvalue weighted by molar-refractivity contribution is 0.0926. The predicted molar refractivity (Wildman–Crippen MR) is 99.5 cm³/mol. The van der Waals surface area contributed by atoms with Crippen LogP contribution in [0.5, 0.6) is 5.75 Å². The van der Waals surface area contributed by atoms with Crippen LogP contribution < -0.4 is 4.74 Å². The number of ether oxygens (including phenoxy) is 1. The first-order valence-electron chi connectivity index (χ1n) is 9.28. The predicted octanol–water partition coefficient (Wildman–Crippen LogP) is 4.83. The summed E-state index contributed by atoms with van der Waals surface area (Å²) in [6.45, 7) is 3.13. The van der Waals surface area contributed by atoms with Crippen molar-refractivity contribution in [3.8, 4) is 5.75 Å². The van der Waals surface area contributed by atoms with E-state index in [4.69, 9.17) is 4.74 Å². The monoisotopic (exact) mass is 329 g/mol. The fourth-order valence-electron chi connectivity index (χ4n) is 2.84. The molecule has 0 spiro atoms. The van der Waals surface area contributed by atoms with E-state index in [1.54, 1.807) is 0 Å². The van der Waals surface area contributed by atoms with Gasteiger partial charge in [-0.15, -0.1) is 0 Å². The zero-order valence-corrected chi connectivity index (χ0v) is 14.9.